The summed E-state index contributed by atoms with van der Waals surface area (Å²) < 4.78 is 0. The molecule has 254 valence electrons. The van der Waals surface area contributed by atoms with Gasteiger partial charge in [0.05, 0.1) is 0 Å². The summed E-state index contributed by atoms with van der Waals surface area (Å²) in [6.07, 6.45) is 28.5. The third kappa shape index (κ3) is 36.0. The van der Waals surface area contributed by atoms with Crippen LogP contribution in [0.25, 0.3) is 0 Å². The van der Waals surface area contributed by atoms with Gasteiger partial charge in [0.1, 0.15) is 0 Å². The SMILES string of the molecule is C.C.C.CC.CC.CC.CCC.CCC.CCC.CCC1CCC(CC2CCC(CC3CCCCC3)CC2)CC1. The van der Waals surface area contributed by atoms with Gasteiger partial charge in [-0.05, 0) is 42.4 Å². The minimum absolute atomic E-state index is 0. The third-order valence-corrected chi connectivity index (χ3v) is 7.57. The molecule has 0 unspecified atom stereocenters. The standard InChI is InChI=1S/C22H40.3C3H8.3C2H6.3CH4/c1-2-18-8-10-20(11-9-18)17-22-14-12-21(13-15-22)16-19-6-4-3-5-7-19;3*1-3-2;3*1-2;;;/h18-22H,2-17H2,1H3;3*3H2,1-2H3;3*1-2H3;3*1H4. The molecule has 0 saturated heterocycles. The van der Waals surface area contributed by atoms with Crippen molar-refractivity contribution in [3.63, 3.8) is 0 Å². The van der Waals surface area contributed by atoms with Gasteiger partial charge in [0.15, 0.2) is 0 Å². The van der Waals surface area contributed by atoms with Gasteiger partial charge in [-0.15, -0.1) is 0 Å². The smallest absolute Gasteiger partial charge is 0.0411 e. The van der Waals surface area contributed by atoms with E-state index in [2.05, 4.69) is 48.5 Å². The van der Waals surface area contributed by atoms with Crippen LogP contribution < -0.4 is 0 Å². The zero-order valence-electron chi connectivity index (χ0n) is 29.3. The molecule has 3 saturated carbocycles. The Hall–Kier alpha value is 0. The Balaban J connectivity index is -0.000000104. The van der Waals surface area contributed by atoms with Gasteiger partial charge in [-0.3, -0.25) is 0 Å². The topological polar surface area (TPSA) is 0 Å². The molecule has 3 rings (SSSR count). The van der Waals surface area contributed by atoms with Gasteiger partial charge in [-0.25, -0.2) is 0 Å². The van der Waals surface area contributed by atoms with Crippen LogP contribution in [0.5, 0.6) is 0 Å². The summed E-state index contributed by atoms with van der Waals surface area (Å²) in [6, 6.07) is 0. The quantitative estimate of drug-likeness (QED) is 0.306. The Morgan fingerprint density at radius 1 is 0.325 bits per heavy atom. The van der Waals surface area contributed by atoms with Crippen molar-refractivity contribution in [3.8, 4) is 0 Å². The van der Waals surface area contributed by atoms with Crippen LogP contribution in [0.2, 0.25) is 0 Å². The Morgan fingerprint density at radius 2 is 0.525 bits per heavy atom. The summed E-state index contributed by atoms with van der Waals surface area (Å²) in [4.78, 5) is 0. The van der Waals surface area contributed by atoms with Crippen molar-refractivity contribution in [2.45, 2.75) is 234 Å². The molecule has 0 atom stereocenters. The van der Waals surface area contributed by atoms with E-state index in [1.165, 1.54) is 57.8 Å². The van der Waals surface area contributed by atoms with Crippen LogP contribution in [-0.2, 0) is 0 Å². The van der Waals surface area contributed by atoms with Gasteiger partial charge in [0.25, 0.3) is 0 Å². The molecule has 3 fully saturated rings. The molecule has 0 aliphatic heterocycles. The number of rotatable bonds is 5. The van der Waals surface area contributed by atoms with E-state index in [0.717, 1.165) is 29.6 Å². The molecule has 3 aliphatic rings. The van der Waals surface area contributed by atoms with Crippen LogP contribution in [0.1, 0.15) is 234 Å². The molecule has 3 aliphatic carbocycles. The highest BCUT2D eigenvalue weighted by Gasteiger charge is 2.28. The maximum absolute atomic E-state index is 2.39. The molecule has 0 aromatic carbocycles. The highest BCUT2D eigenvalue weighted by molar-refractivity contribution is 4.80. The number of hydrogen-bond acceptors (Lipinski definition) is 0. The molecule has 0 N–H and O–H groups in total. The fourth-order valence-electron chi connectivity index (χ4n) is 5.94. The summed E-state index contributed by atoms with van der Waals surface area (Å²) in [5, 5.41) is 0. The zero-order valence-corrected chi connectivity index (χ0v) is 29.3. The molecule has 40 heavy (non-hydrogen) atoms. The highest BCUT2D eigenvalue weighted by Crippen LogP contribution is 2.41. The molecule has 0 spiro atoms. The van der Waals surface area contributed by atoms with E-state index in [4.69, 9.17) is 0 Å². The Morgan fingerprint density at radius 3 is 0.750 bits per heavy atom. The van der Waals surface area contributed by atoms with Crippen molar-refractivity contribution >= 4 is 0 Å². The second kappa shape index (κ2) is 48.7. The van der Waals surface area contributed by atoms with E-state index >= 15 is 0 Å². The van der Waals surface area contributed by atoms with Crippen LogP contribution in [-0.4, -0.2) is 0 Å². The van der Waals surface area contributed by atoms with E-state index in [1.54, 1.807) is 64.2 Å². The average molecular weight is 575 g/mol. The van der Waals surface area contributed by atoms with Gasteiger partial charge in [0, 0.05) is 0 Å². The molecule has 0 aromatic rings. The third-order valence-electron chi connectivity index (χ3n) is 7.57. The maximum Gasteiger partial charge on any atom is -0.0411 e. The molecule has 0 heterocycles. The molecule has 0 nitrogen and oxygen atoms in total. The lowest BCUT2D eigenvalue weighted by molar-refractivity contribution is 0.171. The first-order chi connectivity index (χ1) is 18.1. The largest absolute Gasteiger partial charge is 0.0776 e. The lowest BCUT2D eigenvalue weighted by atomic mass is 9.71. The Labute approximate surface area is 263 Å². The zero-order chi connectivity index (χ0) is 29.3. The molecular formula is C40H94. The molecule has 0 amide bonds. The van der Waals surface area contributed by atoms with E-state index in [9.17, 15) is 0 Å². The lowest BCUT2D eigenvalue weighted by Gasteiger charge is -2.35. The maximum atomic E-state index is 2.39. The Bertz CT molecular complexity index is 319. The van der Waals surface area contributed by atoms with Crippen LogP contribution in [0, 0.1) is 29.6 Å². The molecule has 0 bridgehead atoms. The Kier molecular flexibility index (Phi) is 68.0. The number of hydrogen-bond donors (Lipinski definition) is 0. The van der Waals surface area contributed by atoms with Crippen molar-refractivity contribution in [2.24, 2.45) is 29.6 Å². The second-order valence-electron chi connectivity index (χ2n) is 11.3. The summed E-state index contributed by atoms with van der Waals surface area (Å²) in [5.74, 6) is 5.49. The van der Waals surface area contributed by atoms with Crippen molar-refractivity contribution < 1.29 is 0 Å². The van der Waals surface area contributed by atoms with Crippen molar-refractivity contribution in [1.82, 2.24) is 0 Å². The van der Waals surface area contributed by atoms with Gasteiger partial charge < -0.3 is 0 Å². The van der Waals surface area contributed by atoms with Gasteiger partial charge in [0.2, 0.25) is 0 Å². The second-order valence-corrected chi connectivity index (χ2v) is 11.3. The summed E-state index contributed by atoms with van der Waals surface area (Å²) in [7, 11) is 0. The van der Waals surface area contributed by atoms with E-state index in [0.29, 0.717) is 0 Å². The van der Waals surface area contributed by atoms with Crippen molar-refractivity contribution in [1.29, 1.82) is 0 Å². The average Bonchev–Trinajstić information content (AvgIpc) is 2.95. The van der Waals surface area contributed by atoms with Gasteiger partial charge in [-0.2, -0.15) is 0 Å². The summed E-state index contributed by atoms with van der Waals surface area (Å²) >= 11 is 0. The molecule has 0 aromatic heterocycles. The van der Waals surface area contributed by atoms with E-state index in [-0.39, 0.29) is 22.3 Å². The first-order valence-corrected chi connectivity index (χ1v) is 18.1. The minimum atomic E-state index is 0. The summed E-state index contributed by atoms with van der Waals surface area (Å²) in [6.45, 7) is 27.1. The van der Waals surface area contributed by atoms with Crippen LogP contribution in [0.4, 0.5) is 0 Å². The molecule has 0 radical (unpaired) electrons. The van der Waals surface area contributed by atoms with Crippen molar-refractivity contribution in [3.05, 3.63) is 0 Å². The fraction of sp³-hybridized carbons (Fsp3) is 1.00. The van der Waals surface area contributed by atoms with Crippen LogP contribution >= 0.6 is 0 Å². The first-order valence-electron chi connectivity index (χ1n) is 18.1. The van der Waals surface area contributed by atoms with Gasteiger partial charge in [-0.1, -0.05) is 221 Å². The predicted octanol–water partition coefficient (Wildman–Crippen LogP) is 16.6. The van der Waals surface area contributed by atoms with Gasteiger partial charge >= 0.3 is 0 Å². The summed E-state index contributed by atoms with van der Waals surface area (Å²) in [5.41, 5.74) is 0. The highest BCUT2D eigenvalue weighted by atomic mass is 14.3. The van der Waals surface area contributed by atoms with E-state index < -0.39 is 0 Å². The lowest BCUT2D eigenvalue weighted by Crippen LogP contribution is -2.22. The monoisotopic (exact) mass is 575 g/mol. The predicted molar refractivity (Wildman–Crippen MR) is 199 cm³/mol. The van der Waals surface area contributed by atoms with Crippen LogP contribution in [0.3, 0.4) is 0 Å². The molecule has 0 heteroatoms. The fourth-order valence-corrected chi connectivity index (χ4v) is 5.94. The normalized spacial score (nSPS) is 22.7. The van der Waals surface area contributed by atoms with E-state index in [1.807, 2.05) is 41.5 Å². The molecular weight excluding hydrogens is 480 g/mol. The first kappa shape index (κ1) is 55.9. The van der Waals surface area contributed by atoms with Crippen molar-refractivity contribution in [2.75, 3.05) is 0 Å². The van der Waals surface area contributed by atoms with Crippen LogP contribution in [0.15, 0.2) is 0 Å². The minimum Gasteiger partial charge on any atom is -0.0776 e.